The fourth-order valence-corrected chi connectivity index (χ4v) is 2.52. The van der Waals surface area contributed by atoms with E-state index in [-0.39, 0.29) is 0 Å². The smallest absolute Gasteiger partial charge is 0.0127 e. The van der Waals surface area contributed by atoms with Crippen LogP contribution in [0, 0.1) is 5.41 Å². The molecule has 1 saturated heterocycles. The minimum absolute atomic E-state index is 0.344. The molecule has 96 valence electrons. The van der Waals surface area contributed by atoms with Gasteiger partial charge in [0, 0.05) is 38.3 Å². The highest BCUT2D eigenvalue weighted by molar-refractivity contribution is 4.84. The van der Waals surface area contributed by atoms with Gasteiger partial charge in [-0.2, -0.15) is 0 Å². The van der Waals surface area contributed by atoms with Crippen LogP contribution in [0.15, 0.2) is 0 Å². The Morgan fingerprint density at radius 2 is 1.81 bits per heavy atom. The van der Waals surface area contributed by atoms with E-state index in [0.717, 1.165) is 13.1 Å². The van der Waals surface area contributed by atoms with Gasteiger partial charge in [-0.05, 0) is 25.8 Å². The van der Waals surface area contributed by atoms with Crippen molar-refractivity contribution in [3.05, 3.63) is 0 Å². The quantitative estimate of drug-likeness (QED) is 0.758. The minimum atomic E-state index is 0.344. The van der Waals surface area contributed by atoms with E-state index in [1.807, 2.05) is 0 Å². The largest absolute Gasteiger partial charge is 0.316 e. The standard InChI is InChI=1S/C13H29N3/c1-11(16-8-6-15-7-9-16)10-12(14-5)13(2,3)4/h11-12,14-15H,6-10H2,1-5H3. The molecule has 0 spiro atoms. The highest BCUT2D eigenvalue weighted by Crippen LogP contribution is 2.24. The van der Waals surface area contributed by atoms with Crippen LogP contribution in [0.5, 0.6) is 0 Å². The molecule has 0 amide bonds. The average molecular weight is 227 g/mol. The van der Waals surface area contributed by atoms with E-state index in [9.17, 15) is 0 Å². The molecule has 1 fully saturated rings. The van der Waals surface area contributed by atoms with Gasteiger partial charge in [-0.1, -0.05) is 20.8 Å². The number of hydrogen-bond donors (Lipinski definition) is 2. The molecule has 1 aliphatic rings. The number of rotatable bonds is 4. The maximum Gasteiger partial charge on any atom is 0.0127 e. The lowest BCUT2D eigenvalue weighted by atomic mass is 9.83. The van der Waals surface area contributed by atoms with Crippen LogP contribution < -0.4 is 10.6 Å². The van der Waals surface area contributed by atoms with Gasteiger partial charge in [-0.15, -0.1) is 0 Å². The second-order valence-corrected chi connectivity index (χ2v) is 6.08. The Bertz CT molecular complexity index is 192. The fraction of sp³-hybridized carbons (Fsp3) is 1.00. The van der Waals surface area contributed by atoms with E-state index in [1.165, 1.54) is 19.5 Å². The summed E-state index contributed by atoms with van der Waals surface area (Å²) in [4.78, 5) is 2.60. The van der Waals surface area contributed by atoms with Gasteiger partial charge in [-0.3, -0.25) is 4.90 Å². The van der Waals surface area contributed by atoms with Crippen molar-refractivity contribution in [3.63, 3.8) is 0 Å². The van der Waals surface area contributed by atoms with Crippen LogP contribution in [0.3, 0.4) is 0 Å². The molecule has 0 aromatic carbocycles. The van der Waals surface area contributed by atoms with Crippen molar-refractivity contribution < 1.29 is 0 Å². The molecule has 2 atom stereocenters. The SMILES string of the molecule is CNC(CC(C)N1CCNCC1)C(C)(C)C. The summed E-state index contributed by atoms with van der Waals surface area (Å²) in [5.41, 5.74) is 0.344. The van der Waals surface area contributed by atoms with Crippen molar-refractivity contribution in [2.75, 3.05) is 33.2 Å². The maximum atomic E-state index is 3.47. The Morgan fingerprint density at radius 1 is 1.25 bits per heavy atom. The second kappa shape index (κ2) is 5.99. The molecular formula is C13H29N3. The molecule has 16 heavy (non-hydrogen) atoms. The van der Waals surface area contributed by atoms with Crippen molar-refractivity contribution in [2.24, 2.45) is 5.41 Å². The number of nitrogens with one attached hydrogen (secondary N) is 2. The lowest BCUT2D eigenvalue weighted by molar-refractivity contribution is 0.142. The van der Waals surface area contributed by atoms with Crippen LogP contribution in [0.1, 0.15) is 34.1 Å². The van der Waals surface area contributed by atoms with E-state index in [0.29, 0.717) is 17.5 Å². The molecule has 2 N–H and O–H groups in total. The van der Waals surface area contributed by atoms with Gasteiger partial charge in [0.15, 0.2) is 0 Å². The maximum absolute atomic E-state index is 3.47. The average Bonchev–Trinajstić information content (AvgIpc) is 2.25. The summed E-state index contributed by atoms with van der Waals surface area (Å²) >= 11 is 0. The van der Waals surface area contributed by atoms with Crippen LogP contribution in [-0.2, 0) is 0 Å². The van der Waals surface area contributed by atoms with Gasteiger partial charge in [0.1, 0.15) is 0 Å². The van der Waals surface area contributed by atoms with Gasteiger partial charge in [0.05, 0.1) is 0 Å². The summed E-state index contributed by atoms with van der Waals surface area (Å²) in [6.45, 7) is 14.0. The van der Waals surface area contributed by atoms with E-state index in [4.69, 9.17) is 0 Å². The lowest BCUT2D eigenvalue weighted by Crippen LogP contribution is -2.50. The van der Waals surface area contributed by atoms with Crippen LogP contribution in [0.4, 0.5) is 0 Å². The summed E-state index contributed by atoms with van der Waals surface area (Å²) in [6.07, 6.45) is 1.24. The van der Waals surface area contributed by atoms with Gasteiger partial charge in [-0.25, -0.2) is 0 Å². The number of piperazine rings is 1. The minimum Gasteiger partial charge on any atom is -0.316 e. The zero-order valence-corrected chi connectivity index (χ0v) is 11.6. The number of nitrogens with zero attached hydrogens (tertiary/aromatic N) is 1. The van der Waals surface area contributed by atoms with Crippen molar-refractivity contribution >= 4 is 0 Å². The molecule has 0 aliphatic carbocycles. The first-order valence-electron chi connectivity index (χ1n) is 6.57. The Hall–Kier alpha value is -0.120. The Balaban J connectivity index is 2.44. The van der Waals surface area contributed by atoms with Crippen LogP contribution in [0.25, 0.3) is 0 Å². The Labute approximate surface area is 101 Å². The van der Waals surface area contributed by atoms with Crippen molar-refractivity contribution in [2.45, 2.75) is 46.2 Å². The first kappa shape index (κ1) is 13.9. The van der Waals surface area contributed by atoms with Gasteiger partial charge in [0.25, 0.3) is 0 Å². The third kappa shape index (κ3) is 4.04. The summed E-state index contributed by atoms with van der Waals surface area (Å²) < 4.78 is 0. The van der Waals surface area contributed by atoms with Crippen LogP contribution in [-0.4, -0.2) is 50.2 Å². The van der Waals surface area contributed by atoms with E-state index in [1.54, 1.807) is 0 Å². The Kier molecular flexibility index (Phi) is 5.22. The molecule has 0 saturated carbocycles. The predicted octanol–water partition coefficient (Wildman–Crippen LogP) is 1.30. The summed E-state index contributed by atoms with van der Waals surface area (Å²) in [5, 5.41) is 6.88. The Morgan fingerprint density at radius 3 is 2.25 bits per heavy atom. The first-order valence-corrected chi connectivity index (χ1v) is 6.57. The van der Waals surface area contributed by atoms with Gasteiger partial charge in [0.2, 0.25) is 0 Å². The molecule has 0 aromatic heterocycles. The highest BCUT2D eigenvalue weighted by Gasteiger charge is 2.27. The molecule has 1 aliphatic heterocycles. The van der Waals surface area contributed by atoms with Gasteiger partial charge < -0.3 is 10.6 Å². The van der Waals surface area contributed by atoms with Crippen LogP contribution >= 0.6 is 0 Å². The molecule has 0 bridgehead atoms. The zero-order chi connectivity index (χ0) is 12.2. The molecule has 3 nitrogen and oxygen atoms in total. The van der Waals surface area contributed by atoms with Crippen molar-refractivity contribution in [3.8, 4) is 0 Å². The summed E-state index contributed by atoms with van der Waals surface area (Å²) in [5.74, 6) is 0. The summed E-state index contributed by atoms with van der Waals surface area (Å²) in [6, 6.07) is 1.27. The normalized spacial score (nSPS) is 23.1. The first-order chi connectivity index (χ1) is 7.45. The number of hydrogen-bond acceptors (Lipinski definition) is 3. The zero-order valence-electron chi connectivity index (χ0n) is 11.6. The van der Waals surface area contributed by atoms with E-state index < -0.39 is 0 Å². The van der Waals surface area contributed by atoms with Crippen molar-refractivity contribution in [1.82, 2.24) is 15.5 Å². The van der Waals surface area contributed by atoms with E-state index in [2.05, 4.69) is 50.3 Å². The molecule has 1 rings (SSSR count). The van der Waals surface area contributed by atoms with Crippen LogP contribution in [0.2, 0.25) is 0 Å². The molecule has 0 radical (unpaired) electrons. The summed E-state index contributed by atoms with van der Waals surface area (Å²) in [7, 11) is 2.08. The third-order valence-corrected chi connectivity index (χ3v) is 3.75. The topological polar surface area (TPSA) is 27.3 Å². The third-order valence-electron chi connectivity index (χ3n) is 3.75. The molecule has 1 heterocycles. The fourth-order valence-electron chi connectivity index (χ4n) is 2.52. The highest BCUT2D eigenvalue weighted by atomic mass is 15.2. The van der Waals surface area contributed by atoms with Gasteiger partial charge >= 0.3 is 0 Å². The molecule has 0 aromatic rings. The lowest BCUT2D eigenvalue weighted by Gasteiger charge is -2.38. The second-order valence-electron chi connectivity index (χ2n) is 6.08. The molecule has 3 heteroatoms. The predicted molar refractivity (Wildman–Crippen MR) is 70.8 cm³/mol. The van der Waals surface area contributed by atoms with Crippen molar-refractivity contribution in [1.29, 1.82) is 0 Å². The van der Waals surface area contributed by atoms with E-state index >= 15 is 0 Å². The monoisotopic (exact) mass is 227 g/mol. The molecule has 2 unspecified atom stereocenters. The molecular weight excluding hydrogens is 198 g/mol.